The van der Waals surface area contributed by atoms with Gasteiger partial charge in [-0.2, -0.15) is 17.5 Å². The van der Waals surface area contributed by atoms with Gasteiger partial charge in [0.2, 0.25) is 10.0 Å². The van der Waals surface area contributed by atoms with Gasteiger partial charge in [0.05, 0.1) is 12.0 Å². The summed E-state index contributed by atoms with van der Waals surface area (Å²) in [6.07, 6.45) is -4.88. The van der Waals surface area contributed by atoms with Gasteiger partial charge in [-0.1, -0.05) is 6.42 Å². The van der Waals surface area contributed by atoms with Crippen molar-refractivity contribution in [3.63, 3.8) is 0 Å². The largest absolute Gasteiger partial charge is 0.453 e. The Kier molecular flexibility index (Phi) is 5.38. The van der Waals surface area contributed by atoms with Gasteiger partial charge in [0.1, 0.15) is 6.04 Å². The van der Waals surface area contributed by atoms with Crippen LogP contribution in [0, 0.1) is 0 Å². The Balaban J connectivity index is 2.27. The Bertz CT molecular complexity index is 689. The van der Waals surface area contributed by atoms with Crippen LogP contribution >= 0.6 is 0 Å². The van der Waals surface area contributed by atoms with E-state index in [1.54, 1.807) is 0 Å². The van der Waals surface area contributed by atoms with Gasteiger partial charge in [-0.05, 0) is 37.1 Å². The van der Waals surface area contributed by atoms with Gasteiger partial charge in [-0.3, -0.25) is 5.32 Å². The van der Waals surface area contributed by atoms with Crippen molar-refractivity contribution in [1.29, 1.82) is 0 Å². The third-order valence-electron chi connectivity index (χ3n) is 3.72. The van der Waals surface area contributed by atoms with E-state index in [1.165, 1.54) is 19.2 Å². The smallest absolute Gasteiger partial charge is 0.411 e. The van der Waals surface area contributed by atoms with Crippen LogP contribution in [0.2, 0.25) is 0 Å². The lowest BCUT2D eigenvalue weighted by Gasteiger charge is -2.35. The number of nitrogens with one attached hydrogen (secondary N) is 1. The number of alkyl halides is 3. The van der Waals surface area contributed by atoms with E-state index in [0.717, 1.165) is 12.1 Å². The maximum Gasteiger partial charge on any atom is 0.411 e. The summed E-state index contributed by atoms with van der Waals surface area (Å²) in [7, 11) is -3.11. The zero-order chi connectivity index (χ0) is 18.0. The third kappa shape index (κ3) is 3.99. The van der Waals surface area contributed by atoms with Crippen molar-refractivity contribution >= 4 is 21.8 Å². The first-order valence-electron chi connectivity index (χ1n) is 7.20. The summed E-state index contributed by atoms with van der Waals surface area (Å²) in [6, 6.07) is 2.88. The normalized spacial score (nSPS) is 19.8. The summed E-state index contributed by atoms with van der Waals surface area (Å²) < 4.78 is 69.4. The number of halogens is 3. The number of carbonyl (C=O) groups is 1. The molecule has 0 saturated carbocycles. The summed E-state index contributed by atoms with van der Waals surface area (Å²) >= 11 is 0. The zero-order valence-corrected chi connectivity index (χ0v) is 13.7. The molecule has 0 aromatic heterocycles. The van der Waals surface area contributed by atoms with Gasteiger partial charge in [0.25, 0.3) is 0 Å². The van der Waals surface area contributed by atoms with E-state index in [1.807, 2.05) is 0 Å². The van der Waals surface area contributed by atoms with Gasteiger partial charge < -0.3 is 4.74 Å². The molecule has 1 aromatic carbocycles. The Morgan fingerprint density at radius 1 is 1.25 bits per heavy atom. The van der Waals surface area contributed by atoms with Crippen LogP contribution in [0.1, 0.15) is 19.3 Å². The molecule has 1 fully saturated rings. The average molecular weight is 366 g/mol. The van der Waals surface area contributed by atoms with E-state index in [-0.39, 0.29) is 23.5 Å². The molecule has 2 rings (SSSR count). The first-order valence-corrected chi connectivity index (χ1v) is 8.64. The fourth-order valence-corrected chi connectivity index (χ4v) is 4.21. The van der Waals surface area contributed by atoms with Crippen molar-refractivity contribution < 1.29 is 31.1 Å². The Labute approximate surface area is 137 Å². The first-order chi connectivity index (χ1) is 11.2. The van der Waals surface area contributed by atoms with Crippen LogP contribution < -0.4 is 5.32 Å². The van der Waals surface area contributed by atoms with Crippen LogP contribution in [0.5, 0.6) is 0 Å². The Morgan fingerprint density at radius 2 is 1.88 bits per heavy atom. The van der Waals surface area contributed by atoms with E-state index >= 15 is 0 Å². The van der Waals surface area contributed by atoms with E-state index in [2.05, 4.69) is 10.1 Å². The van der Waals surface area contributed by atoms with Crippen LogP contribution in [0.4, 0.5) is 23.7 Å². The average Bonchev–Trinajstić information content (AvgIpc) is 2.54. The van der Waals surface area contributed by atoms with Crippen molar-refractivity contribution in [1.82, 2.24) is 4.31 Å². The number of amides is 1. The molecule has 24 heavy (non-hydrogen) atoms. The lowest BCUT2D eigenvalue weighted by molar-refractivity contribution is -0.177. The first kappa shape index (κ1) is 18.5. The number of ether oxygens (including phenoxy) is 1. The number of nitrogens with zero attached hydrogens (tertiary/aromatic N) is 1. The number of hydrogen-bond donors (Lipinski definition) is 1. The summed E-state index contributed by atoms with van der Waals surface area (Å²) in [5.74, 6) is 0. The minimum absolute atomic E-state index is 0.172. The number of carbonyl (C=O) groups excluding carboxylic acids is 1. The molecule has 1 aromatic rings. The number of piperidine rings is 1. The fraction of sp³-hybridized carbons (Fsp3) is 0.500. The van der Waals surface area contributed by atoms with Gasteiger partial charge >= 0.3 is 12.3 Å². The number of benzene rings is 1. The molecule has 1 N–H and O–H groups in total. The second kappa shape index (κ2) is 6.98. The molecular weight excluding hydrogens is 349 g/mol. The number of sulfonamides is 1. The maximum atomic E-state index is 13.1. The molecule has 1 unspecified atom stereocenters. The molecule has 1 aliphatic rings. The molecule has 0 aliphatic carbocycles. The van der Waals surface area contributed by atoms with Crippen LogP contribution in [0.3, 0.4) is 0 Å². The van der Waals surface area contributed by atoms with Gasteiger partial charge in [-0.25, -0.2) is 13.2 Å². The second-order valence-corrected chi connectivity index (χ2v) is 7.20. The van der Waals surface area contributed by atoms with Crippen LogP contribution in [-0.4, -0.2) is 44.7 Å². The molecule has 0 spiro atoms. The van der Waals surface area contributed by atoms with Crippen molar-refractivity contribution in [3.8, 4) is 0 Å². The molecule has 134 valence electrons. The van der Waals surface area contributed by atoms with E-state index in [4.69, 9.17) is 0 Å². The quantitative estimate of drug-likeness (QED) is 0.892. The number of hydrogen-bond acceptors (Lipinski definition) is 4. The minimum Gasteiger partial charge on any atom is -0.453 e. The van der Waals surface area contributed by atoms with E-state index in [9.17, 15) is 26.4 Å². The standard InChI is InChI=1S/C14H17F3N2O4S/c1-23-13(20)18-10-5-7-11(8-6-10)24(21,22)19-9-3-2-4-12(19)14(15,16)17/h5-8,12H,2-4,9H2,1H3,(H,18,20). The predicted molar refractivity (Wildman–Crippen MR) is 80.1 cm³/mol. The summed E-state index contributed by atoms with van der Waals surface area (Å²) in [5, 5.41) is 2.33. The molecule has 1 aliphatic heterocycles. The lowest BCUT2D eigenvalue weighted by Crippen LogP contribution is -2.51. The predicted octanol–water partition coefficient (Wildman–Crippen LogP) is 2.97. The highest BCUT2D eigenvalue weighted by atomic mass is 32.2. The highest BCUT2D eigenvalue weighted by Crippen LogP contribution is 2.35. The van der Waals surface area contributed by atoms with Crippen molar-refractivity contribution in [2.75, 3.05) is 19.0 Å². The summed E-state index contributed by atoms with van der Waals surface area (Å²) in [6.45, 7) is -0.172. The highest BCUT2D eigenvalue weighted by Gasteiger charge is 2.48. The number of anilines is 1. The monoisotopic (exact) mass is 366 g/mol. The minimum atomic E-state index is -4.61. The maximum absolute atomic E-state index is 13.1. The van der Waals surface area contributed by atoms with Crippen LogP contribution in [-0.2, 0) is 14.8 Å². The molecule has 1 heterocycles. The highest BCUT2D eigenvalue weighted by molar-refractivity contribution is 7.89. The molecule has 1 amide bonds. The number of rotatable bonds is 3. The van der Waals surface area contributed by atoms with Gasteiger partial charge in [0.15, 0.2) is 0 Å². The summed E-state index contributed by atoms with van der Waals surface area (Å²) in [5.41, 5.74) is 0.270. The fourth-order valence-electron chi connectivity index (χ4n) is 2.53. The summed E-state index contributed by atoms with van der Waals surface area (Å²) in [4.78, 5) is 10.8. The van der Waals surface area contributed by atoms with Gasteiger partial charge in [0, 0.05) is 12.2 Å². The molecule has 1 atom stereocenters. The van der Waals surface area contributed by atoms with Crippen molar-refractivity contribution in [2.24, 2.45) is 0 Å². The molecular formula is C14H17F3N2O4S. The zero-order valence-electron chi connectivity index (χ0n) is 12.8. The van der Waals surface area contributed by atoms with Crippen molar-refractivity contribution in [2.45, 2.75) is 36.4 Å². The van der Waals surface area contributed by atoms with Gasteiger partial charge in [-0.15, -0.1) is 0 Å². The third-order valence-corrected chi connectivity index (χ3v) is 5.65. The molecule has 6 nitrogen and oxygen atoms in total. The Morgan fingerprint density at radius 3 is 2.42 bits per heavy atom. The van der Waals surface area contributed by atoms with Crippen LogP contribution in [0.25, 0.3) is 0 Å². The van der Waals surface area contributed by atoms with Crippen molar-refractivity contribution in [3.05, 3.63) is 24.3 Å². The second-order valence-electron chi connectivity index (χ2n) is 5.31. The SMILES string of the molecule is COC(=O)Nc1ccc(S(=O)(=O)N2CCCCC2C(F)(F)F)cc1. The van der Waals surface area contributed by atoms with Crippen LogP contribution in [0.15, 0.2) is 29.2 Å². The molecule has 0 bridgehead atoms. The lowest BCUT2D eigenvalue weighted by atomic mass is 10.0. The Hall–Kier alpha value is -1.81. The number of methoxy groups -OCH3 is 1. The van der Waals surface area contributed by atoms with E-state index in [0.29, 0.717) is 17.1 Å². The molecule has 0 radical (unpaired) electrons. The molecule has 10 heteroatoms. The van der Waals surface area contributed by atoms with E-state index < -0.39 is 28.3 Å². The topological polar surface area (TPSA) is 75.7 Å². The molecule has 1 saturated heterocycles.